The van der Waals surface area contributed by atoms with E-state index in [0.29, 0.717) is 22.9 Å². The van der Waals surface area contributed by atoms with Crippen LogP contribution in [0.2, 0.25) is 0 Å². The Labute approximate surface area is 124 Å². The van der Waals surface area contributed by atoms with Crippen LogP contribution in [-0.2, 0) is 0 Å². The van der Waals surface area contributed by atoms with Crippen molar-refractivity contribution < 1.29 is 14.2 Å². The van der Waals surface area contributed by atoms with Crippen LogP contribution < -0.4 is 25.3 Å². The Balaban J connectivity index is 2.43. The van der Waals surface area contributed by atoms with Crippen LogP contribution in [0.3, 0.4) is 0 Å². The highest BCUT2D eigenvalue weighted by atomic mass is 16.5. The van der Waals surface area contributed by atoms with Crippen LogP contribution in [0, 0.1) is 6.92 Å². The third-order valence-electron chi connectivity index (χ3n) is 3.27. The summed E-state index contributed by atoms with van der Waals surface area (Å²) in [4.78, 5) is 0. The van der Waals surface area contributed by atoms with Crippen LogP contribution in [0.25, 0.3) is 0 Å². The molecule has 0 aliphatic carbocycles. The SMILES string of the molecule is COc1cc(Nc2cccc(C)c2N)cc(OC)c1OC. The number of para-hydroxylation sites is 1. The van der Waals surface area contributed by atoms with Crippen molar-refractivity contribution in [1.82, 2.24) is 0 Å². The molecule has 2 aromatic rings. The molecule has 0 radical (unpaired) electrons. The van der Waals surface area contributed by atoms with Crippen LogP contribution in [0.15, 0.2) is 30.3 Å². The van der Waals surface area contributed by atoms with Crippen molar-refractivity contribution in [3.8, 4) is 17.2 Å². The van der Waals surface area contributed by atoms with Gasteiger partial charge in [-0.05, 0) is 18.6 Å². The Morgan fingerprint density at radius 1 is 0.952 bits per heavy atom. The Morgan fingerprint density at radius 2 is 1.57 bits per heavy atom. The van der Waals surface area contributed by atoms with Gasteiger partial charge in [-0.2, -0.15) is 0 Å². The first-order chi connectivity index (χ1) is 10.1. The van der Waals surface area contributed by atoms with E-state index in [2.05, 4.69) is 5.32 Å². The summed E-state index contributed by atoms with van der Waals surface area (Å²) in [5.74, 6) is 1.74. The molecule has 21 heavy (non-hydrogen) atoms. The maximum Gasteiger partial charge on any atom is 0.203 e. The van der Waals surface area contributed by atoms with Gasteiger partial charge >= 0.3 is 0 Å². The number of hydrogen-bond donors (Lipinski definition) is 2. The van der Waals surface area contributed by atoms with Gasteiger partial charge in [-0.1, -0.05) is 12.1 Å². The molecule has 0 bridgehead atoms. The maximum absolute atomic E-state index is 6.08. The largest absolute Gasteiger partial charge is 0.493 e. The minimum Gasteiger partial charge on any atom is -0.493 e. The molecule has 112 valence electrons. The van der Waals surface area contributed by atoms with Crippen molar-refractivity contribution in [2.75, 3.05) is 32.4 Å². The fourth-order valence-electron chi connectivity index (χ4n) is 2.10. The third-order valence-corrected chi connectivity index (χ3v) is 3.27. The zero-order valence-corrected chi connectivity index (χ0v) is 12.7. The lowest BCUT2D eigenvalue weighted by Crippen LogP contribution is -2.00. The molecule has 0 heterocycles. The average molecular weight is 288 g/mol. The van der Waals surface area contributed by atoms with Crippen LogP contribution in [-0.4, -0.2) is 21.3 Å². The smallest absolute Gasteiger partial charge is 0.203 e. The highest BCUT2D eigenvalue weighted by Gasteiger charge is 2.13. The summed E-state index contributed by atoms with van der Waals surface area (Å²) < 4.78 is 16.0. The van der Waals surface area contributed by atoms with Crippen molar-refractivity contribution in [2.24, 2.45) is 0 Å². The number of methoxy groups -OCH3 is 3. The number of rotatable bonds is 5. The Hall–Kier alpha value is -2.56. The van der Waals surface area contributed by atoms with Crippen molar-refractivity contribution in [3.63, 3.8) is 0 Å². The summed E-state index contributed by atoms with van der Waals surface area (Å²) in [6.07, 6.45) is 0. The second-order valence-corrected chi connectivity index (χ2v) is 4.58. The summed E-state index contributed by atoms with van der Waals surface area (Å²) in [6, 6.07) is 9.51. The first kappa shape index (κ1) is 14.8. The molecule has 0 unspecified atom stereocenters. The van der Waals surface area contributed by atoms with Crippen LogP contribution >= 0.6 is 0 Å². The number of ether oxygens (including phenoxy) is 3. The summed E-state index contributed by atoms with van der Waals surface area (Å²) >= 11 is 0. The van der Waals surface area contributed by atoms with Gasteiger partial charge in [0, 0.05) is 17.8 Å². The fourth-order valence-corrected chi connectivity index (χ4v) is 2.10. The summed E-state index contributed by atoms with van der Waals surface area (Å²) in [5, 5.41) is 3.27. The molecule has 0 spiro atoms. The van der Waals surface area contributed by atoms with Gasteiger partial charge in [-0.15, -0.1) is 0 Å². The first-order valence-electron chi connectivity index (χ1n) is 6.52. The molecule has 0 aromatic heterocycles. The van der Waals surface area contributed by atoms with Gasteiger partial charge in [0.1, 0.15) is 0 Å². The predicted octanol–water partition coefficient (Wildman–Crippen LogP) is 3.35. The number of nitrogens with one attached hydrogen (secondary N) is 1. The standard InChI is InChI=1S/C16H20N2O3/c1-10-6-5-7-12(15(10)17)18-11-8-13(19-2)16(21-4)14(9-11)20-3/h5-9,18H,17H2,1-4H3. The summed E-state index contributed by atoms with van der Waals surface area (Å²) in [6.45, 7) is 1.97. The van der Waals surface area contributed by atoms with Gasteiger partial charge in [0.15, 0.2) is 11.5 Å². The molecule has 0 atom stereocenters. The van der Waals surface area contributed by atoms with Gasteiger partial charge in [0.2, 0.25) is 5.75 Å². The molecule has 5 nitrogen and oxygen atoms in total. The highest BCUT2D eigenvalue weighted by Crippen LogP contribution is 2.41. The van der Waals surface area contributed by atoms with E-state index in [4.69, 9.17) is 19.9 Å². The quantitative estimate of drug-likeness (QED) is 0.826. The second-order valence-electron chi connectivity index (χ2n) is 4.58. The molecule has 0 amide bonds. The van der Waals surface area contributed by atoms with Crippen LogP contribution in [0.4, 0.5) is 17.1 Å². The fraction of sp³-hybridized carbons (Fsp3) is 0.250. The third kappa shape index (κ3) is 2.97. The van der Waals surface area contributed by atoms with Gasteiger partial charge < -0.3 is 25.3 Å². The molecule has 3 N–H and O–H groups in total. The Kier molecular flexibility index (Phi) is 4.42. The van der Waals surface area contributed by atoms with E-state index < -0.39 is 0 Å². The van der Waals surface area contributed by atoms with Crippen molar-refractivity contribution >= 4 is 17.1 Å². The van der Waals surface area contributed by atoms with Crippen LogP contribution in [0.1, 0.15) is 5.56 Å². The van der Waals surface area contributed by atoms with Gasteiger partial charge in [0.05, 0.1) is 32.7 Å². The van der Waals surface area contributed by atoms with E-state index in [1.807, 2.05) is 37.3 Å². The zero-order valence-electron chi connectivity index (χ0n) is 12.7. The number of nitrogens with two attached hydrogens (primary N) is 1. The molecule has 0 fully saturated rings. The normalized spacial score (nSPS) is 10.1. The first-order valence-corrected chi connectivity index (χ1v) is 6.52. The van der Waals surface area contributed by atoms with Crippen LogP contribution in [0.5, 0.6) is 17.2 Å². The summed E-state index contributed by atoms with van der Waals surface area (Å²) in [7, 11) is 4.75. The van der Waals surface area contributed by atoms with E-state index in [0.717, 1.165) is 16.9 Å². The Morgan fingerprint density at radius 3 is 2.10 bits per heavy atom. The molecule has 0 aliphatic rings. The predicted molar refractivity (Wildman–Crippen MR) is 85.0 cm³/mol. The molecular formula is C16H20N2O3. The van der Waals surface area contributed by atoms with E-state index in [1.54, 1.807) is 21.3 Å². The van der Waals surface area contributed by atoms with Gasteiger partial charge in [-0.25, -0.2) is 0 Å². The average Bonchev–Trinajstić information content (AvgIpc) is 2.50. The number of anilines is 3. The van der Waals surface area contributed by atoms with Crippen molar-refractivity contribution in [1.29, 1.82) is 0 Å². The number of hydrogen-bond acceptors (Lipinski definition) is 5. The lowest BCUT2D eigenvalue weighted by atomic mass is 10.1. The molecule has 0 saturated carbocycles. The molecule has 0 saturated heterocycles. The monoisotopic (exact) mass is 288 g/mol. The second kappa shape index (κ2) is 6.26. The zero-order chi connectivity index (χ0) is 15.4. The minimum atomic E-state index is 0.558. The molecule has 5 heteroatoms. The van der Waals surface area contributed by atoms with E-state index in [1.165, 1.54) is 0 Å². The van der Waals surface area contributed by atoms with Crippen molar-refractivity contribution in [2.45, 2.75) is 6.92 Å². The van der Waals surface area contributed by atoms with Gasteiger partial charge in [0.25, 0.3) is 0 Å². The summed E-state index contributed by atoms with van der Waals surface area (Å²) in [5.41, 5.74) is 9.46. The Bertz CT molecular complexity index is 616. The molecular weight excluding hydrogens is 268 g/mol. The van der Waals surface area contributed by atoms with E-state index in [-0.39, 0.29) is 0 Å². The topological polar surface area (TPSA) is 65.7 Å². The molecule has 2 aromatic carbocycles. The molecule has 0 aliphatic heterocycles. The number of nitrogen functional groups attached to an aromatic ring is 1. The maximum atomic E-state index is 6.08. The lowest BCUT2D eigenvalue weighted by Gasteiger charge is -2.16. The number of aryl methyl sites for hydroxylation is 1. The minimum absolute atomic E-state index is 0.558. The number of benzene rings is 2. The lowest BCUT2D eigenvalue weighted by molar-refractivity contribution is 0.324. The molecule has 2 rings (SSSR count). The van der Waals surface area contributed by atoms with E-state index >= 15 is 0 Å². The van der Waals surface area contributed by atoms with Gasteiger partial charge in [-0.3, -0.25) is 0 Å². The van der Waals surface area contributed by atoms with Crippen molar-refractivity contribution in [3.05, 3.63) is 35.9 Å². The van der Waals surface area contributed by atoms with E-state index in [9.17, 15) is 0 Å². The highest BCUT2D eigenvalue weighted by molar-refractivity contribution is 5.77.